The average Bonchev–Trinajstić information content (AvgIpc) is 2.30. The van der Waals surface area contributed by atoms with Gasteiger partial charge in [0.15, 0.2) is 0 Å². The molecule has 0 spiro atoms. The molecular formula is C14H17BrN2. The molecule has 1 fully saturated rings. The molecule has 0 radical (unpaired) electrons. The molecule has 1 aromatic carbocycles. The van der Waals surface area contributed by atoms with Gasteiger partial charge in [0.05, 0.1) is 17.3 Å². The number of hydrogen-bond donors (Lipinski definition) is 0. The minimum absolute atomic E-state index is 0.572. The second kappa shape index (κ2) is 5.10. The van der Waals surface area contributed by atoms with Crippen LogP contribution in [0.2, 0.25) is 0 Å². The van der Waals surface area contributed by atoms with Gasteiger partial charge in [-0.15, -0.1) is 0 Å². The lowest BCUT2D eigenvalue weighted by molar-refractivity contribution is 0.377. The zero-order chi connectivity index (χ0) is 12.4. The third-order valence-electron chi connectivity index (χ3n) is 3.52. The molecule has 17 heavy (non-hydrogen) atoms. The lowest BCUT2D eigenvalue weighted by Gasteiger charge is -2.38. The third-order valence-corrected chi connectivity index (χ3v) is 4.16. The predicted octanol–water partition coefficient (Wildman–Crippen LogP) is 3.95. The summed E-state index contributed by atoms with van der Waals surface area (Å²) in [5, 5.41) is 8.87. The summed E-state index contributed by atoms with van der Waals surface area (Å²) in [6.07, 6.45) is 2.49. The Kier molecular flexibility index (Phi) is 3.73. The van der Waals surface area contributed by atoms with Gasteiger partial charge in [-0.1, -0.05) is 6.92 Å². The maximum absolute atomic E-state index is 8.87. The Bertz CT molecular complexity index is 450. The SMILES string of the molecule is CC1CCN(c2ccc(C#N)cc2Br)C(C)C1. The number of nitrogens with zero attached hydrogens (tertiary/aromatic N) is 2. The first-order valence-corrected chi connectivity index (χ1v) is 6.87. The van der Waals surface area contributed by atoms with Gasteiger partial charge in [-0.05, 0) is 59.8 Å². The molecule has 0 saturated carbocycles. The lowest BCUT2D eigenvalue weighted by Crippen LogP contribution is -2.40. The minimum atomic E-state index is 0.572. The summed E-state index contributed by atoms with van der Waals surface area (Å²) < 4.78 is 1.03. The number of halogens is 1. The van der Waals surface area contributed by atoms with Crippen LogP contribution in [0.25, 0.3) is 0 Å². The molecule has 3 heteroatoms. The van der Waals surface area contributed by atoms with E-state index >= 15 is 0 Å². The Morgan fingerprint density at radius 3 is 2.76 bits per heavy atom. The highest BCUT2D eigenvalue weighted by atomic mass is 79.9. The molecule has 0 aliphatic carbocycles. The van der Waals surface area contributed by atoms with Gasteiger partial charge in [-0.2, -0.15) is 5.26 Å². The second-order valence-electron chi connectivity index (χ2n) is 4.95. The van der Waals surface area contributed by atoms with Crippen molar-refractivity contribution < 1.29 is 0 Å². The molecule has 2 rings (SSSR count). The van der Waals surface area contributed by atoms with Crippen molar-refractivity contribution in [2.45, 2.75) is 32.7 Å². The normalized spacial score (nSPS) is 24.5. The monoisotopic (exact) mass is 292 g/mol. The van der Waals surface area contributed by atoms with Crippen molar-refractivity contribution in [1.82, 2.24) is 0 Å². The fourth-order valence-corrected chi connectivity index (χ4v) is 3.18. The number of benzene rings is 1. The highest BCUT2D eigenvalue weighted by molar-refractivity contribution is 9.10. The molecule has 1 aromatic rings. The molecule has 2 atom stereocenters. The van der Waals surface area contributed by atoms with Crippen LogP contribution in [-0.2, 0) is 0 Å². The van der Waals surface area contributed by atoms with Crippen LogP contribution in [-0.4, -0.2) is 12.6 Å². The van der Waals surface area contributed by atoms with Gasteiger partial charge in [0.1, 0.15) is 0 Å². The lowest BCUT2D eigenvalue weighted by atomic mass is 9.93. The van der Waals surface area contributed by atoms with Crippen LogP contribution >= 0.6 is 15.9 Å². The van der Waals surface area contributed by atoms with E-state index in [4.69, 9.17) is 5.26 Å². The van der Waals surface area contributed by atoms with Gasteiger partial charge >= 0.3 is 0 Å². The maximum atomic E-state index is 8.87. The minimum Gasteiger partial charge on any atom is -0.368 e. The molecule has 2 unspecified atom stereocenters. The Morgan fingerprint density at radius 2 is 2.18 bits per heavy atom. The van der Waals surface area contributed by atoms with E-state index in [2.05, 4.69) is 46.8 Å². The molecule has 0 bridgehead atoms. The number of hydrogen-bond acceptors (Lipinski definition) is 2. The van der Waals surface area contributed by atoms with Crippen molar-refractivity contribution in [2.75, 3.05) is 11.4 Å². The zero-order valence-corrected chi connectivity index (χ0v) is 11.9. The van der Waals surface area contributed by atoms with E-state index in [0.717, 1.165) is 16.9 Å². The third kappa shape index (κ3) is 2.63. The maximum Gasteiger partial charge on any atom is 0.0992 e. The van der Waals surface area contributed by atoms with E-state index in [9.17, 15) is 0 Å². The van der Waals surface area contributed by atoms with Gasteiger partial charge in [0.2, 0.25) is 0 Å². The number of rotatable bonds is 1. The van der Waals surface area contributed by atoms with Crippen molar-refractivity contribution in [3.63, 3.8) is 0 Å². The molecule has 0 amide bonds. The Labute approximate surface area is 111 Å². The van der Waals surface area contributed by atoms with E-state index in [1.807, 2.05) is 12.1 Å². The summed E-state index contributed by atoms with van der Waals surface area (Å²) in [6.45, 7) is 5.70. The van der Waals surface area contributed by atoms with Gasteiger partial charge < -0.3 is 4.90 Å². The molecular weight excluding hydrogens is 276 g/mol. The first kappa shape index (κ1) is 12.4. The van der Waals surface area contributed by atoms with Crippen LogP contribution in [0.3, 0.4) is 0 Å². The zero-order valence-electron chi connectivity index (χ0n) is 10.3. The standard InChI is InChI=1S/C14H17BrN2/c1-10-5-6-17(11(2)7-10)14-4-3-12(9-16)8-13(14)15/h3-4,8,10-11H,5-7H2,1-2H3. The van der Waals surface area contributed by atoms with Crippen molar-refractivity contribution in [3.05, 3.63) is 28.2 Å². The fourth-order valence-electron chi connectivity index (χ4n) is 2.57. The van der Waals surface area contributed by atoms with Crippen molar-refractivity contribution >= 4 is 21.6 Å². The Morgan fingerprint density at radius 1 is 1.41 bits per heavy atom. The Balaban J connectivity index is 2.25. The summed E-state index contributed by atoms with van der Waals surface area (Å²) in [5.74, 6) is 0.818. The number of piperidine rings is 1. The van der Waals surface area contributed by atoms with Gasteiger partial charge in [0, 0.05) is 17.1 Å². The summed E-state index contributed by atoms with van der Waals surface area (Å²) in [7, 11) is 0. The quantitative estimate of drug-likeness (QED) is 0.784. The van der Waals surface area contributed by atoms with Crippen LogP contribution in [0.15, 0.2) is 22.7 Å². The van der Waals surface area contributed by atoms with E-state index in [0.29, 0.717) is 11.6 Å². The van der Waals surface area contributed by atoms with E-state index in [1.54, 1.807) is 0 Å². The average molecular weight is 293 g/mol. The molecule has 2 nitrogen and oxygen atoms in total. The van der Waals surface area contributed by atoms with E-state index in [1.165, 1.54) is 18.5 Å². The predicted molar refractivity (Wildman–Crippen MR) is 74.1 cm³/mol. The summed E-state index contributed by atoms with van der Waals surface area (Å²) >= 11 is 3.57. The molecule has 1 saturated heterocycles. The van der Waals surface area contributed by atoms with Gasteiger partial charge in [-0.3, -0.25) is 0 Å². The highest BCUT2D eigenvalue weighted by Crippen LogP contribution is 2.33. The van der Waals surface area contributed by atoms with Gasteiger partial charge in [0.25, 0.3) is 0 Å². The van der Waals surface area contributed by atoms with Crippen LogP contribution in [0, 0.1) is 17.2 Å². The summed E-state index contributed by atoms with van der Waals surface area (Å²) in [4.78, 5) is 2.44. The molecule has 1 aliphatic rings. The molecule has 90 valence electrons. The molecule has 0 aromatic heterocycles. The van der Waals surface area contributed by atoms with Crippen molar-refractivity contribution in [1.29, 1.82) is 5.26 Å². The van der Waals surface area contributed by atoms with Crippen molar-refractivity contribution in [3.8, 4) is 6.07 Å². The molecule has 1 heterocycles. The first-order valence-electron chi connectivity index (χ1n) is 6.08. The largest absolute Gasteiger partial charge is 0.368 e. The van der Waals surface area contributed by atoms with Crippen molar-refractivity contribution in [2.24, 2.45) is 5.92 Å². The number of nitriles is 1. The topological polar surface area (TPSA) is 27.0 Å². The van der Waals surface area contributed by atoms with Crippen LogP contribution in [0.5, 0.6) is 0 Å². The van der Waals surface area contributed by atoms with Crippen LogP contribution in [0.4, 0.5) is 5.69 Å². The first-order chi connectivity index (χ1) is 8.11. The molecule has 0 N–H and O–H groups in total. The Hall–Kier alpha value is -1.01. The van der Waals surface area contributed by atoms with Gasteiger partial charge in [-0.25, -0.2) is 0 Å². The summed E-state index contributed by atoms with van der Waals surface area (Å²) in [6, 6.07) is 8.59. The second-order valence-corrected chi connectivity index (χ2v) is 5.80. The highest BCUT2D eigenvalue weighted by Gasteiger charge is 2.24. The fraction of sp³-hybridized carbons (Fsp3) is 0.500. The van der Waals surface area contributed by atoms with Crippen LogP contribution < -0.4 is 4.90 Å². The van der Waals surface area contributed by atoms with E-state index in [-0.39, 0.29) is 0 Å². The molecule has 1 aliphatic heterocycles. The number of anilines is 1. The van der Waals surface area contributed by atoms with Crippen LogP contribution in [0.1, 0.15) is 32.3 Å². The summed E-state index contributed by atoms with van der Waals surface area (Å²) in [5.41, 5.74) is 1.92. The van der Waals surface area contributed by atoms with E-state index < -0.39 is 0 Å². The smallest absolute Gasteiger partial charge is 0.0992 e.